The monoisotopic (exact) mass is 398 g/mol. The standard InChI is InChI=1S/C23H30N2O4/c1-25(12-13-2-3-13)18-7-8-22-11-15(26)6-9-23(22,29)17(18)10-14-4-5-16(21(24)28)20(27)19(14)22/h4-5,13,17-18,27,29H,2-3,6-12H2,1H3,(H2,24,28)/t17-,18?,22+,23+/m0/s1. The van der Waals surface area contributed by atoms with Crippen molar-refractivity contribution in [2.75, 3.05) is 13.6 Å². The molecular formula is C23H30N2O4. The maximum atomic E-state index is 12.6. The largest absolute Gasteiger partial charge is 0.507 e. The van der Waals surface area contributed by atoms with Crippen LogP contribution in [0.15, 0.2) is 12.1 Å². The molecule has 29 heavy (non-hydrogen) atoms. The SMILES string of the molecule is CN(CC1CC1)C1CC[C@]23CC(=O)CC[C@@]2(O)[C@H]1Cc1ccc(C(N)=O)c(O)c13. The molecule has 0 aliphatic heterocycles. The molecule has 6 heteroatoms. The van der Waals surface area contributed by atoms with Gasteiger partial charge in [0.05, 0.1) is 11.2 Å². The van der Waals surface area contributed by atoms with Crippen LogP contribution < -0.4 is 5.73 Å². The molecule has 4 atom stereocenters. The van der Waals surface area contributed by atoms with Crippen molar-refractivity contribution >= 4 is 11.7 Å². The molecular weight excluding hydrogens is 368 g/mol. The molecule has 2 bridgehead atoms. The lowest BCUT2D eigenvalue weighted by atomic mass is 9.44. The molecule has 0 saturated heterocycles. The molecule has 1 aromatic rings. The Morgan fingerprint density at radius 3 is 2.72 bits per heavy atom. The highest BCUT2D eigenvalue weighted by Gasteiger charge is 2.66. The number of hydrogen-bond donors (Lipinski definition) is 3. The summed E-state index contributed by atoms with van der Waals surface area (Å²) in [6.07, 6.45) is 5.75. The third-order valence-corrected chi connectivity index (χ3v) is 8.31. The second kappa shape index (κ2) is 6.29. The van der Waals surface area contributed by atoms with Gasteiger partial charge < -0.3 is 20.8 Å². The average molecular weight is 399 g/mol. The molecule has 0 spiro atoms. The van der Waals surface area contributed by atoms with Crippen molar-refractivity contribution in [3.05, 3.63) is 28.8 Å². The quantitative estimate of drug-likeness (QED) is 0.719. The van der Waals surface area contributed by atoms with E-state index in [1.54, 1.807) is 6.07 Å². The normalized spacial score (nSPS) is 35.9. The van der Waals surface area contributed by atoms with Gasteiger partial charge >= 0.3 is 0 Å². The van der Waals surface area contributed by atoms with E-state index in [0.29, 0.717) is 31.2 Å². The number of phenols is 1. The van der Waals surface area contributed by atoms with Crippen molar-refractivity contribution < 1.29 is 19.8 Å². The van der Waals surface area contributed by atoms with E-state index in [0.717, 1.165) is 24.4 Å². The third-order valence-electron chi connectivity index (χ3n) is 8.31. The van der Waals surface area contributed by atoms with Gasteiger partial charge in [0.15, 0.2) is 0 Å². The zero-order valence-corrected chi connectivity index (χ0v) is 17.0. The van der Waals surface area contributed by atoms with Crippen molar-refractivity contribution in [3.8, 4) is 5.75 Å². The predicted molar refractivity (Wildman–Crippen MR) is 108 cm³/mol. The number of primary amides is 1. The third kappa shape index (κ3) is 2.61. The Morgan fingerprint density at radius 2 is 2.03 bits per heavy atom. The van der Waals surface area contributed by atoms with E-state index in [2.05, 4.69) is 11.9 Å². The number of rotatable bonds is 4. The van der Waals surface area contributed by atoms with Crippen molar-refractivity contribution in [2.24, 2.45) is 17.6 Å². The first-order chi connectivity index (χ1) is 13.8. The van der Waals surface area contributed by atoms with Crippen LogP contribution in [0.1, 0.15) is 66.4 Å². The van der Waals surface area contributed by atoms with Crippen LogP contribution >= 0.6 is 0 Å². The number of amides is 1. The Balaban J connectivity index is 1.65. The molecule has 3 fully saturated rings. The van der Waals surface area contributed by atoms with Crippen molar-refractivity contribution in [1.82, 2.24) is 4.90 Å². The second-order valence-electron chi connectivity index (χ2n) is 9.88. The Labute approximate surface area is 171 Å². The summed E-state index contributed by atoms with van der Waals surface area (Å²) in [5, 5.41) is 23.2. The highest BCUT2D eigenvalue weighted by atomic mass is 16.3. The molecule has 156 valence electrons. The maximum Gasteiger partial charge on any atom is 0.252 e. The molecule has 3 saturated carbocycles. The van der Waals surface area contributed by atoms with Gasteiger partial charge in [0.2, 0.25) is 0 Å². The number of carbonyl (C=O) groups is 2. The van der Waals surface area contributed by atoms with E-state index < -0.39 is 16.9 Å². The van der Waals surface area contributed by atoms with Crippen LogP contribution in [-0.4, -0.2) is 52.0 Å². The predicted octanol–water partition coefficient (Wildman–Crippen LogP) is 1.89. The number of aromatic hydroxyl groups is 1. The van der Waals surface area contributed by atoms with Crippen LogP contribution in [-0.2, 0) is 16.6 Å². The zero-order chi connectivity index (χ0) is 20.6. The summed E-state index contributed by atoms with van der Waals surface area (Å²) in [5.74, 6) is 0.0837. The first kappa shape index (κ1) is 19.1. The van der Waals surface area contributed by atoms with Crippen LogP contribution in [0.4, 0.5) is 0 Å². The molecule has 1 unspecified atom stereocenters. The zero-order valence-electron chi connectivity index (χ0n) is 17.0. The number of aliphatic hydroxyl groups is 1. The summed E-state index contributed by atoms with van der Waals surface area (Å²) >= 11 is 0. The van der Waals surface area contributed by atoms with Gasteiger partial charge in [-0.2, -0.15) is 0 Å². The Hall–Kier alpha value is -1.92. The molecule has 4 aliphatic rings. The molecule has 4 N–H and O–H groups in total. The number of nitrogens with zero attached hydrogens (tertiary/aromatic N) is 1. The lowest BCUT2D eigenvalue weighted by Gasteiger charge is -2.63. The van der Waals surface area contributed by atoms with Gasteiger partial charge in [0.25, 0.3) is 5.91 Å². The minimum absolute atomic E-state index is 0.0134. The number of fused-ring (bicyclic) bond motifs is 1. The summed E-state index contributed by atoms with van der Waals surface area (Å²) in [5.41, 5.74) is 5.22. The second-order valence-corrected chi connectivity index (χ2v) is 9.88. The Bertz CT molecular complexity index is 895. The smallest absolute Gasteiger partial charge is 0.252 e. The van der Waals surface area contributed by atoms with E-state index in [1.165, 1.54) is 12.8 Å². The van der Waals surface area contributed by atoms with E-state index in [-0.39, 0.29) is 35.5 Å². The average Bonchev–Trinajstić information content (AvgIpc) is 3.45. The summed E-state index contributed by atoms with van der Waals surface area (Å²) in [6.45, 7) is 1.06. The van der Waals surface area contributed by atoms with Crippen molar-refractivity contribution in [3.63, 3.8) is 0 Å². The summed E-state index contributed by atoms with van der Waals surface area (Å²) in [6, 6.07) is 3.71. The molecule has 1 amide bonds. The number of ketones is 1. The Morgan fingerprint density at radius 1 is 1.28 bits per heavy atom. The van der Waals surface area contributed by atoms with E-state index in [9.17, 15) is 19.8 Å². The minimum atomic E-state index is -1.05. The highest BCUT2D eigenvalue weighted by molar-refractivity contribution is 5.96. The van der Waals surface area contributed by atoms with Gasteiger partial charge in [-0.15, -0.1) is 0 Å². The fourth-order valence-corrected chi connectivity index (χ4v) is 6.78. The molecule has 0 aromatic heterocycles. The number of Topliss-reactive ketones (excluding diaryl/α,β-unsaturated/α-hetero) is 1. The number of benzene rings is 1. The fourth-order valence-electron chi connectivity index (χ4n) is 6.78. The summed E-state index contributed by atoms with van der Waals surface area (Å²) < 4.78 is 0. The molecule has 4 aliphatic carbocycles. The summed E-state index contributed by atoms with van der Waals surface area (Å²) in [7, 11) is 2.16. The van der Waals surface area contributed by atoms with E-state index in [4.69, 9.17) is 5.73 Å². The van der Waals surface area contributed by atoms with Gasteiger partial charge in [-0.1, -0.05) is 6.07 Å². The highest BCUT2D eigenvalue weighted by Crippen LogP contribution is 2.63. The summed E-state index contributed by atoms with van der Waals surface area (Å²) in [4.78, 5) is 26.8. The maximum absolute atomic E-state index is 12.6. The van der Waals surface area contributed by atoms with Crippen LogP contribution in [0, 0.1) is 11.8 Å². The minimum Gasteiger partial charge on any atom is -0.507 e. The molecule has 6 nitrogen and oxygen atoms in total. The van der Waals surface area contributed by atoms with Gasteiger partial charge in [-0.3, -0.25) is 9.59 Å². The lowest BCUT2D eigenvalue weighted by molar-refractivity contribution is -0.174. The van der Waals surface area contributed by atoms with Crippen LogP contribution in [0.5, 0.6) is 5.75 Å². The van der Waals surface area contributed by atoms with Crippen molar-refractivity contribution in [2.45, 2.75) is 68.4 Å². The van der Waals surface area contributed by atoms with Crippen LogP contribution in [0.2, 0.25) is 0 Å². The van der Waals surface area contributed by atoms with Gasteiger partial charge in [0.1, 0.15) is 11.5 Å². The molecule has 0 heterocycles. The van der Waals surface area contributed by atoms with Gasteiger partial charge in [0, 0.05) is 42.3 Å². The van der Waals surface area contributed by atoms with E-state index in [1.807, 2.05) is 6.07 Å². The number of nitrogens with two attached hydrogens (primary N) is 1. The molecule has 0 radical (unpaired) electrons. The molecule has 5 rings (SSSR count). The topological polar surface area (TPSA) is 104 Å². The fraction of sp³-hybridized carbons (Fsp3) is 0.652. The first-order valence-electron chi connectivity index (χ1n) is 10.9. The molecule has 1 aromatic carbocycles. The van der Waals surface area contributed by atoms with Crippen molar-refractivity contribution in [1.29, 1.82) is 0 Å². The number of hydrogen-bond acceptors (Lipinski definition) is 5. The number of carbonyl (C=O) groups excluding carboxylic acids is 2. The van der Waals surface area contributed by atoms with Gasteiger partial charge in [-0.25, -0.2) is 0 Å². The van der Waals surface area contributed by atoms with Crippen LogP contribution in [0.3, 0.4) is 0 Å². The van der Waals surface area contributed by atoms with Crippen LogP contribution in [0.25, 0.3) is 0 Å². The first-order valence-corrected chi connectivity index (χ1v) is 10.9. The van der Waals surface area contributed by atoms with Gasteiger partial charge in [-0.05, 0) is 63.1 Å². The Kier molecular flexibility index (Phi) is 4.13. The van der Waals surface area contributed by atoms with E-state index >= 15 is 0 Å². The lowest BCUT2D eigenvalue weighted by Crippen LogP contribution is -2.69.